The lowest BCUT2D eigenvalue weighted by molar-refractivity contribution is 0.197. The van der Waals surface area contributed by atoms with Crippen molar-refractivity contribution < 1.29 is 4.39 Å². The van der Waals surface area contributed by atoms with Crippen LogP contribution in [0, 0.1) is 5.41 Å². The molecule has 0 N–H and O–H groups in total. The zero-order chi connectivity index (χ0) is 18.1. The van der Waals surface area contributed by atoms with E-state index in [1.165, 1.54) is 0 Å². The van der Waals surface area contributed by atoms with Gasteiger partial charge in [-0.3, -0.25) is 0 Å². The standard InChI is InChI=1S/C21H29FN2/c1-8-18-19(21(6,22)14-17-12-10-9-11-13-17)23(7)16(2)24(18)15-20(3,4)5/h8-13H,1-2,14-15H2,3-7H3. The molecule has 0 radical (unpaired) electrons. The largest absolute Gasteiger partial charge is 0.330 e. The summed E-state index contributed by atoms with van der Waals surface area (Å²) in [7, 11) is 1.88. The van der Waals surface area contributed by atoms with Gasteiger partial charge in [0.25, 0.3) is 0 Å². The van der Waals surface area contributed by atoms with Gasteiger partial charge in [0.05, 0.1) is 11.4 Å². The van der Waals surface area contributed by atoms with Crippen molar-refractivity contribution in [2.75, 3.05) is 13.6 Å². The van der Waals surface area contributed by atoms with Crippen LogP contribution in [0.3, 0.4) is 0 Å². The van der Waals surface area contributed by atoms with Crippen LogP contribution in [0.1, 0.15) is 33.3 Å². The van der Waals surface area contributed by atoms with Gasteiger partial charge in [0, 0.05) is 20.0 Å². The highest BCUT2D eigenvalue weighted by molar-refractivity contribution is 5.40. The van der Waals surface area contributed by atoms with Crippen LogP contribution in [0.15, 0.2) is 66.8 Å². The monoisotopic (exact) mass is 328 g/mol. The number of hydrogen-bond donors (Lipinski definition) is 0. The van der Waals surface area contributed by atoms with Gasteiger partial charge in [-0.25, -0.2) is 4.39 Å². The smallest absolute Gasteiger partial charge is 0.154 e. The molecule has 0 bridgehead atoms. The summed E-state index contributed by atoms with van der Waals surface area (Å²) < 4.78 is 15.7. The molecule has 1 aromatic carbocycles. The number of allylic oxidation sites excluding steroid dienone is 2. The van der Waals surface area contributed by atoms with Gasteiger partial charge in [-0.05, 0) is 24.0 Å². The fourth-order valence-electron chi connectivity index (χ4n) is 3.29. The topological polar surface area (TPSA) is 6.48 Å². The van der Waals surface area contributed by atoms with E-state index in [0.29, 0.717) is 12.1 Å². The predicted octanol–water partition coefficient (Wildman–Crippen LogP) is 5.12. The predicted molar refractivity (Wildman–Crippen MR) is 99.9 cm³/mol. The van der Waals surface area contributed by atoms with Crippen molar-refractivity contribution in [2.45, 2.75) is 39.8 Å². The van der Waals surface area contributed by atoms with Gasteiger partial charge in [0.15, 0.2) is 5.67 Å². The van der Waals surface area contributed by atoms with Crippen LogP contribution in [0.4, 0.5) is 4.39 Å². The first-order chi connectivity index (χ1) is 11.1. The van der Waals surface area contributed by atoms with Crippen molar-refractivity contribution in [1.82, 2.24) is 9.80 Å². The number of alkyl halides is 1. The number of halogens is 1. The van der Waals surface area contributed by atoms with Crippen molar-refractivity contribution in [3.63, 3.8) is 0 Å². The highest BCUT2D eigenvalue weighted by Crippen LogP contribution is 2.41. The van der Waals surface area contributed by atoms with E-state index in [4.69, 9.17) is 0 Å². The molecule has 0 amide bonds. The molecule has 0 saturated carbocycles. The highest BCUT2D eigenvalue weighted by Gasteiger charge is 2.41. The van der Waals surface area contributed by atoms with Crippen LogP contribution in [0.2, 0.25) is 0 Å². The number of rotatable bonds is 5. The molecule has 0 saturated heterocycles. The van der Waals surface area contributed by atoms with E-state index < -0.39 is 5.67 Å². The maximum absolute atomic E-state index is 15.7. The molecule has 0 fully saturated rings. The lowest BCUT2D eigenvalue weighted by Gasteiger charge is -2.30. The maximum atomic E-state index is 15.7. The van der Waals surface area contributed by atoms with E-state index in [2.05, 4.69) is 38.8 Å². The van der Waals surface area contributed by atoms with Crippen LogP contribution >= 0.6 is 0 Å². The molecule has 2 nitrogen and oxygen atoms in total. The number of hydrogen-bond acceptors (Lipinski definition) is 2. The summed E-state index contributed by atoms with van der Waals surface area (Å²) in [5.41, 5.74) is 0.995. The van der Waals surface area contributed by atoms with E-state index in [1.54, 1.807) is 13.0 Å². The zero-order valence-electron chi connectivity index (χ0n) is 15.6. The molecule has 2 rings (SSSR count). The van der Waals surface area contributed by atoms with Crippen LogP contribution in [0.5, 0.6) is 0 Å². The Bertz CT molecular complexity index is 650. The van der Waals surface area contributed by atoms with Gasteiger partial charge < -0.3 is 9.80 Å². The Hall–Kier alpha value is -2.03. The Labute approximate surface area is 146 Å². The van der Waals surface area contributed by atoms with Crippen molar-refractivity contribution in [3.8, 4) is 0 Å². The summed E-state index contributed by atoms with van der Waals surface area (Å²) in [5, 5.41) is 0. The molecule has 3 heteroatoms. The van der Waals surface area contributed by atoms with Gasteiger partial charge in [0.2, 0.25) is 0 Å². The van der Waals surface area contributed by atoms with Crippen LogP contribution in [0.25, 0.3) is 0 Å². The molecule has 1 aliphatic heterocycles. The second-order valence-corrected chi connectivity index (χ2v) is 7.92. The maximum Gasteiger partial charge on any atom is 0.154 e. The molecule has 1 atom stereocenters. The number of benzene rings is 1. The van der Waals surface area contributed by atoms with Crippen LogP contribution in [-0.4, -0.2) is 29.1 Å². The van der Waals surface area contributed by atoms with E-state index in [1.807, 2.05) is 42.3 Å². The summed E-state index contributed by atoms with van der Waals surface area (Å²) in [6, 6.07) is 9.75. The Morgan fingerprint density at radius 3 is 2.21 bits per heavy atom. The molecule has 24 heavy (non-hydrogen) atoms. The lowest BCUT2D eigenvalue weighted by atomic mass is 9.92. The average Bonchev–Trinajstić information content (AvgIpc) is 2.71. The fraction of sp³-hybridized carbons (Fsp3) is 0.429. The minimum absolute atomic E-state index is 0.0691. The van der Waals surface area contributed by atoms with E-state index in [0.717, 1.165) is 23.6 Å². The summed E-state index contributed by atoms with van der Waals surface area (Å²) in [6.07, 6.45) is 2.07. The molecule has 0 spiro atoms. The minimum Gasteiger partial charge on any atom is -0.330 e. The first kappa shape index (κ1) is 18.3. The SMILES string of the molecule is C=CC1=C(C(C)(F)Cc2ccccc2)N(C)C(=C)N1CC(C)(C)C. The Kier molecular flexibility index (Phi) is 4.93. The minimum atomic E-state index is -1.50. The van der Waals surface area contributed by atoms with Gasteiger partial charge in [-0.15, -0.1) is 0 Å². The first-order valence-electron chi connectivity index (χ1n) is 8.37. The second-order valence-electron chi connectivity index (χ2n) is 7.92. The molecular formula is C21H29FN2. The summed E-state index contributed by atoms with van der Waals surface area (Å²) in [4.78, 5) is 3.94. The molecule has 1 heterocycles. The molecule has 1 aliphatic rings. The van der Waals surface area contributed by atoms with Gasteiger partial charge in [0.1, 0.15) is 5.82 Å². The molecule has 1 aromatic rings. The first-order valence-corrected chi connectivity index (χ1v) is 8.37. The fourth-order valence-corrected chi connectivity index (χ4v) is 3.29. The quantitative estimate of drug-likeness (QED) is 0.740. The van der Waals surface area contributed by atoms with Crippen molar-refractivity contribution in [1.29, 1.82) is 0 Å². The van der Waals surface area contributed by atoms with Crippen molar-refractivity contribution in [3.05, 3.63) is 72.3 Å². The second kappa shape index (κ2) is 6.46. The van der Waals surface area contributed by atoms with E-state index in [-0.39, 0.29) is 5.41 Å². The zero-order valence-corrected chi connectivity index (χ0v) is 15.6. The molecule has 1 unspecified atom stereocenters. The summed E-state index contributed by atoms with van der Waals surface area (Å²) >= 11 is 0. The summed E-state index contributed by atoms with van der Waals surface area (Å²) in [6.45, 7) is 17.0. The molecular weight excluding hydrogens is 299 g/mol. The third-order valence-electron chi connectivity index (χ3n) is 4.27. The molecule has 130 valence electrons. The van der Waals surface area contributed by atoms with Crippen LogP contribution < -0.4 is 0 Å². The Balaban J connectivity index is 2.42. The Morgan fingerprint density at radius 2 is 1.71 bits per heavy atom. The normalized spacial score (nSPS) is 18.2. The molecule has 0 aliphatic carbocycles. The highest BCUT2D eigenvalue weighted by atomic mass is 19.1. The van der Waals surface area contributed by atoms with Gasteiger partial charge in [-0.1, -0.05) is 64.3 Å². The van der Waals surface area contributed by atoms with Gasteiger partial charge in [-0.2, -0.15) is 0 Å². The summed E-state index contributed by atoms with van der Waals surface area (Å²) in [5.74, 6) is 0.798. The van der Waals surface area contributed by atoms with Crippen molar-refractivity contribution >= 4 is 0 Å². The van der Waals surface area contributed by atoms with E-state index in [9.17, 15) is 0 Å². The van der Waals surface area contributed by atoms with Crippen molar-refractivity contribution in [2.24, 2.45) is 5.41 Å². The average molecular weight is 328 g/mol. The van der Waals surface area contributed by atoms with E-state index >= 15 is 4.39 Å². The number of nitrogens with zero attached hydrogens (tertiary/aromatic N) is 2. The van der Waals surface area contributed by atoms with Crippen LogP contribution in [-0.2, 0) is 6.42 Å². The lowest BCUT2D eigenvalue weighted by Crippen LogP contribution is -2.32. The van der Waals surface area contributed by atoms with Gasteiger partial charge >= 0.3 is 0 Å². The molecule has 0 aromatic heterocycles. The third-order valence-corrected chi connectivity index (χ3v) is 4.27. The third kappa shape index (κ3) is 3.72. The Morgan fingerprint density at radius 1 is 1.12 bits per heavy atom.